The lowest BCUT2D eigenvalue weighted by Gasteiger charge is -2.31. The summed E-state index contributed by atoms with van der Waals surface area (Å²) in [5, 5.41) is 37.4. The second-order valence-corrected chi connectivity index (χ2v) is 23.2. The van der Waals surface area contributed by atoms with Gasteiger partial charge in [-0.25, -0.2) is 0 Å². The molecule has 5 N–H and O–H groups in total. The third-order valence-electron chi connectivity index (χ3n) is 11.7. The SMILES string of the molecule is CCNCCN1CCSc2cc(CC(=N)c3cccs3)ccc21.CN(C)CCN1C(=O)CSc2cc(CC(=N)c3cccs3)ccc21.CNCCN1CCSc2cc(CC(=N)c3cccs3)ccc21. The molecule has 9 rings (SSSR count). The minimum atomic E-state index is 0.174. The molecule has 364 valence electrons. The molecule has 0 radical (unpaired) electrons. The lowest BCUT2D eigenvalue weighted by atomic mass is 10.1. The predicted octanol–water partition coefficient (Wildman–Crippen LogP) is 10.7. The molecule has 16 heteroatoms. The molecular formula is C53H65N9OS6. The Balaban J connectivity index is 0.000000153. The van der Waals surface area contributed by atoms with Gasteiger partial charge >= 0.3 is 0 Å². The van der Waals surface area contributed by atoms with Crippen molar-refractivity contribution in [2.45, 2.75) is 40.9 Å². The van der Waals surface area contributed by atoms with Crippen LogP contribution in [0.1, 0.15) is 38.2 Å². The second-order valence-electron chi connectivity index (χ2n) is 17.1. The fraction of sp³-hybridized carbons (Fsp3) is 0.358. The molecule has 0 spiro atoms. The Labute approximate surface area is 434 Å². The standard InChI is InChI=1S/C18H21N3OS2.C18H23N3S2.C17H21N3S2/c1-20(2)7-8-21-15-6-5-13(11-17(15)24-12-18(21)22)10-14(19)16-4-3-9-23-16;1-2-20-7-8-21-9-11-23-18-13-14(5-6-16(18)21)12-15(19)17-4-3-10-22-17;1-19-6-7-20-8-10-22-17-12-13(4-5-15(17)20)11-14(18)16-3-2-9-21-16/h3-6,9,11,19H,7-8,10,12H2,1-2H3;3-6,10,13,19-20H,2,7-9,11-12H2,1H3;2-5,9,12,18-19H,6-8,10-11H2,1H3. The molecule has 69 heavy (non-hydrogen) atoms. The van der Waals surface area contributed by atoms with Crippen molar-refractivity contribution >= 4 is 109 Å². The van der Waals surface area contributed by atoms with Crippen molar-refractivity contribution in [3.05, 3.63) is 138 Å². The van der Waals surface area contributed by atoms with Crippen molar-refractivity contribution in [2.24, 2.45) is 0 Å². The molecule has 3 aliphatic heterocycles. The first-order valence-corrected chi connectivity index (χ1v) is 29.1. The van der Waals surface area contributed by atoms with Crippen LogP contribution < -0.4 is 25.3 Å². The largest absolute Gasteiger partial charge is 0.369 e. The zero-order chi connectivity index (χ0) is 48.5. The number of thioether (sulfide) groups is 3. The maximum absolute atomic E-state index is 12.2. The molecule has 0 saturated carbocycles. The van der Waals surface area contributed by atoms with Crippen LogP contribution in [-0.2, 0) is 24.1 Å². The van der Waals surface area contributed by atoms with Gasteiger partial charge in [0, 0.05) is 112 Å². The summed E-state index contributed by atoms with van der Waals surface area (Å²) >= 11 is 10.4. The van der Waals surface area contributed by atoms with Gasteiger partial charge in [0.25, 0.3) is 0 Å². The van der Waals surface area contributed by atoms with Gasteiger partial charge < -0.3 is 46.5 Å². The second kappa shape index (κ2) is 26.8. The highest BCUT2D eigenvalue weighted by molar-refractivity contribution is 8.00. The Bertz CT molecular complexity index is 2600. The van der Waals surface area contributed by atoms with Crippen molar-refractivity contribution in [1.29, 1.82) is 16.2 Å². The molecular weight excluding hydrogens is 971 g/mol. The number of carbonyl (C=O) groups excluding carboxylic acids is 1. The van der Waals surface area contributed by atoms with Gasteiger partial charge in [-0.1, -0.05) is 43.3 Å². The van der Waals surface area contributed by atoms with Crippen LogP contribution in [0.15, 0.2) is 122 Å². The summed E-state index contributed by atoms with van der Waals surface area (Å²) in [6.07, 6.45) is 2.05. The van der Waals surface area contributed by atoms with Crippen LogP contribution in [0.2, 0.25) is 0 Å². The molecule has 0 saturated heterocycles. The number of carbonyl (C=O) groups is 1. The lowest BCUT2D eigenvalue weighted by molar-refractivity contribution is -0.116. The smallest absolute Gasteiger partial charge is 0.237 e. The number of hydrogen-bond donors (Lipinski definition) is 5. The van der Waals surface area contributed by atoms with E-state index in [4.69, 9.17) is 16.2 Å². The Kier molecular flexibility index (Phi) is 20.5. The minimum absolute atomic E-state index is 0.174. The minimum Gasteiger partial charge on any atom is -0.369 e. The van der Waals surface area contributed by atoms with E-state index < -0.39 is 0 Å². The van der Waals surface area contributed by atoms with E-state index in [0.29, 0.717) is 48.7 Å². The monoisotopic (exact) mass is 1040 g/mol. The number of fused-ring (bicyclic) bond motifs is 3. The van der Waals surface area contributed by atoms with E-state index in [2.05, 4.69) is 74.7 Å². The van der Waals surface area contributed by atoms with Crippen molar-refractivity contribution < 1.29 is 4.79 Å². The van der Waals surface area contributed by atoms with Crippen LogP contribution in [0.3, 0.4) is 0 Å². The first-order chi connectivity index (χ1) is 33.6. The van der Waals surface area contributed by atoms with Crippen molar-refractivity contribution in [3.8, 4) is 0 Å². The van der Waals surface area contributed by atoms with Crippen molar-refractivity contribution in [3.63, 3.8) is 0 Å². The number of nitrogens with one attached hydrogen (secondary N) is 5. The maximum atomic E-state index is 12.2. The van der Waals surface area contributed by atoms with Crippen LogP contribution in [-0.4, -0.2) is 125 Å². The average molecular weight is 1040 g/mol. The Hall–Kier alpha value is -4.23. The highest BCUT2D eigenvalue weighted by Gasteiger charge is 2.25. The highest BCUT2D eigenvalue weighted by atomic mass is 32.2. The van der Waals surface area contributed by atoms with E-state index in [0.717, 1.165) is 94.6 Å². The van der Waals surface area contributed by atoms with E-state index in [9.17, 15) is 4.79 Å². The summed E-state index contributed by atoms with van der Waals surface area (Å²) < 4.78 is 0. The van der Waals surface area contributed by atoms with Gasteiger partial charge in [0.1, 0.15) is 0 Å². The van der Waals surface area contributed by atoms with E-state index in [1.807, 2.05) is 114 Å². The molecule has 6 heterocycles. The molecule has 0 fully saturated rings. The molecule has 3 aliphatic rings. The van der Waals surface area contributed by atoms with Gasteiger partial charge in [0.2, 0.25) is 5.91 Å². The quantitative estimate of drug-likeness (QED) is 0.0398. The molecule has 0 aliphatic carbocycles. The van der Waals surface area contributed by atoms with Gasteiger partial charge in [0.05, 0.1) is 40.0 Å². The molecule has 0 unspecified atom stereocenters. The predicted molar refractivity (Wildman–Crippen MR) is 304 cm³/mol. The van der Waals surface area contributed by atoms with E-state index in [1.165, 1.54) is 32.3 Å². The Morgan fingerprint density at radius 2 is 1.06 bits per heavy atom. The average Bonchev–Trinajstić information content (AvgIpc) is 4.20. The first-order valence-electron chi connectivity index (χ1n) is 23.5. The van der Waals surface area contributed by atoms with Gasteiger partial charge in [0.15, 0.2) is 0 Å². The Morgan fingerprint density at radius 3 is 1.48 bits per heavy atom. The van der Waals surface area contributed by atoms with E-state index in [-0.39, 0.29) is 5.91 Å². The fourth-order valence-corrected chi connectivity index (χ4v) is 13.3. The third kappa shape index (κ3) is 15.1. The molecule has 3 aromatic carbocycles. The fourth-order valence-electron chi connectivity index (χ4n) is 8.09. The number of nitrogens with zero attached hydrogens (tertiary/aromatic N) is 4. The number of amides is 1. The van der Waals surface area contributed by atoms with Crippen LogP contribution in [0, 0.1) is 16.2 Å². The molecule has 3 aromatic heterocycles. The maximum Gasteiger partial charge on any atom is 0.237 e. The number of hydrogen-bond acceptors (Lipinski definition) is 15. The topological polar surface area (TPSA) is 126 Å². The van der Waals surface area contributed by atoms with Crippen LogP contribution >= 0.6 is 69.3 Å². The lowest BCUT2D eigenvalue weighted by Crippen LogP contribution is -2.39. The molecule has 0 atom stereocenters. The normalized spacial score (nSPS) is 14.0. The van der Waals surface area contributed by atoms with Crippen LogP contribution in [0.5, 0.6) is 0 Å². The van der Waals surface area contributed by atoms with Gasteiger partial charge in [-0.05, 0) is 115 Å². The number of rotatable bonds is 19. The summed E-state index contributed by atoms with van der Waals surface area (Å²) in [4.78, 5) is 28.2. The molecule has 0 bridgehead atoms. The van der Waals surface area contributed by atoms with Crippen LogP contribution in [0.4, 0.5) is 17.1 Å². The first kappa shape index (κ1) is 52.6. The molecule has 6 aromatic rings. The molecule has 10 nitrogen and oxygen atoms in total. The number of benzene rings is 3. The summed E-state index contributed by atoms with van der Waals surface area (Å²) in [6.45, 7) is 11.1. The van der Waals surface area contributed by atoms with E-state index in [1.54, 1.807) is 45.8 Å². The number of anilines is 3. The highest BCUT2D eigenvalue weighted by Crippen LogP contribution is 2.38. The Morgan fingerprint density at radius 1 is 0.609 bits per heavy atom. The van der Waals surface area contributed by atoms with Gasteiger partial charge in [-0.15, -0.1) is 69.3 Å². The van der Waals surface area contributed by atoms with Crippen molar-refractivity contribution in [1.82, 2.24) is 15.5 Å². The van der Waals surface area contributed by atoms with Gasteiger partial charge in [-0.2, -0.15) is 0 Å². The third-order valence-corrected chi connectivity index (χ3v) is 17.6. The summed E-state index contributed by atoms with van der Waals surface area (Å²) in [5.41, 5.74) is 9.37. The molecule has 1 amide bonds. The summed E-state index contributed by atoms with van der Waals surface area (Å²) in [7, 11) is 6.03. The van der Waals surface area contributed by atoms with Crippen LogP contribution in [0.25, 0.3) is 0 Å². The zero-order valence-corrected chi connectivity index (χ0v) is 45.0. The summed E-state index contributed by atoms with van der Waals surface area (Å²) in [6, 6.07) is 31.7. The summed E-state index contributed by atoms with van der Waals surface area (Å²) in [5.74, 6) is 2.95. The number of likely N-dealkylation sites (N-methyl/N-ethyl adjacent to an activating group) is 3. The van der Waals surface area contributed by atoms with Gasteiger partial charge in [-0.3, -0.25) is 4.79 Å². The van der Waals surface area contributed by atoms with E-state index >= 15 is 0 Å². The number of thiophene rings is 3. The zero-order valence-electron chi connectivity index (χ0n) is 40.1. The van der Waals surface area contributed by atoms with Crippen molar-refractivity contribution in [2.75, 3.05) is 112 Å².